The van der Waals surface area contributed by atoms with Crippen LogP contribution in [0.25, 0.3) is 5.65 Å². The maximum absolute atomic E-state index is 12.7. The van der Waals surface area contributed by atoms with Gasteiger partial charge in [-0.05, 0) is 53.9 Å². The molecule has 186 valence electrons. The number of fused-ring (bicyclic) bond motifs is 2. The Balaban J connectivity index is 1.16. The number of imidazole rings is 1. The molecule has 2 aromatic carbocycles. The Kier molecular flexibility index (Phi) is 6.94. The van der Waals surface area contributed by atoms with Crippen LogP contribution in [0, 0.1) is 11.3 Å². The molecule has 1 aliphatic rings. The lowest BCUT2D eigenvalue weighted by Crippen LogP contribution is -2.42. The van der Waals surface area contributed by atoms with Gasteiger partial charge in [-0.25, -0.2) is 4.98 Å². The molecule has 2 amide bonds. The largest absolute Gasteiger partial charge is 0.390 e. The summed E-state index contributed by atoms with van der Waals surface area (Å²) in [6.07, 6.45) is 3.50. The molecule has 0 aliphatic carbocycles. The Labute approximate surface area is 214 Å². The molecule has 0 saturated carbocycles. The second-order valence-corrected chi connectivity index (χ2v) is 9.07. The van der Waals surface area contributed by atoms with E-state index in [0.29, 0.717) is 29.0 Å². The second kappa shape index (κ2) is 10.6. The number of carbonyl (C=O) groups is 2. The van der Waals surface area contributed by atoms with E-state index in [2.05, 4.69) is 32.7 Å². The number of rotatable bonds is 7. The zero-order chi connectivity index (χ0) is 25.8. The molecule has 1 aliphatic heterocycles. The van der Waals surface area contributed by atoms with Gasteiger partial charge in [0.2, 0.25) is 0 Å². The minimum Gasteiger partial charge on any atom is -0.390 e. The topological polar surface area (TPSA) is 123 Å². The van der Waals surface area contributed by atoms with Gasteiger partial charge in [0, 0.05) is 44.1 Å². The number of pyridine rings is 1. The van der Waals surface area contributed by atoms with Crippen LogP contribution in [0.4, 0.5) is 5.69 Å². The number of hydrogen-bond donors (Lipinski definition) is 3. The van der Waals surface area contributed by atoms with Gasteiger partial charge >= 0.3 is 0 Å². The Morgan fingerprint density at radius 2 is 1.81 bits per heavy atom. The molecule has 0 saturated heterocycles. The third-order valence-corrected chi connectivity index (χ3v) is 6.39. The number of hydrogen-bond acceptors (Lipinski definition) is 6. The Morgan fingerprint density at radius 1 is 1.03 bits per heavy atom. The summed E-state index contributed by atoms with van der Waals surface area (Å²) in [6.45, 7) is 2.26. The van der Waals surface area contributed by atoms with Crippen LogP contribution in [0.1, 0.15) is 37.5 Å². The lowest BCUT2D eigenvalue weighted by Gasteiger charge is -2.30. The van der Waals surface area contributed by atoms with Crippen molar-refractivity contribution in [3.63, 3.8) is 0 Å². The zero-order valence-corrected chi connectivity index (χ0v) is 20.1. The van der Waals surface area contributed by atoms with E-state index in [1.165, 1.54) is 11.1 Å². The highest BCUT2D eigenvalue weighted by Crippen LogP contribution is 2.18. The fraction of sp³-hybridized carbons (Fsp3) is 0.214. The molecule has 3 heterocycles. The standard InChI is InChI=1S/C28H26N6O3/c29-13-19-5-7-21(8-6-19)27(36)31-23-9-10-26-32-25(18-34(26)16-23)28(37)30-14-24(35)17-33-12-11-20-3-1-2-4-22(20)15-33/h1-10,16,18,24,35H,11-12,14-15,17H2,(H,30,37)(H,31,36)/t24-/m0/s1. The van der Waals surface area contributed by atoms with Gasteiger partial charge in [0.1, 0.15) is 11.3 Å². The minimum atomic E-state index is -0.699. The van der Waals surface area contributed by atoms with Crippen molar-refractivity contribution in [2.75, 3.05) is 25.0 Å². The zero-order valence-electron chi connectivity index (χ0n) is 20.1. The van der Waals surface area contributed by atoms with Crippen molar-refractivity contribution in [2.45, 2.75) is 19.1 Å². The SMILES string of the molecule is N#Cc1ccc(C(=O)Nc2ccc3nc(C(=O)NC[C@H](O)CN4CCc5ccccc5C4)cn3c2)cc1. The third kappa shape index (κ3) is 5.67. The van der Waals surface area contributed by atoms with Crippen molar-refractivity contribution in [3.8, 4) is 6.07 Å². The van der Waals surface area contributed by atoms with Gasteiger partial charge in [0.05, 0.1) is 23.4 Å². The number of nitriles is 1. The van der Waals surface area contributed by atoms with Gasteiger partial charge < -0.3 is 20.1 Å². The summed E-state index contributed by atoms with van der Waals surface area (Å²) in [6, 6.07) is 20.1. The normalized spacial score (nSPS) is 13.9. The summed E-state index contributed by atoms with van der Waals surface area (Å²) in [5.74, 6) is -0.692. The van der Waals surface area contributed by atoms with E-state index < -0.39 is 6.10 Å². The maximum atomic E-state index is 12.7. The molecule has 0 fully saturated rings. The summed E-state index contributed by atoms with van der Waals surface area (Å²) in [5.41, 5.74) is 4.84. The van der Waals surface area contributed by atoms with Crippen LogP contribution < -0.4 is 10.6 Å². The second-order valence-electron chi connectivity index (χ2n) is 9.07. The summed E-state index contributed by atoms with van der Waals surface area (Å²) < 4.78 is 1.66. The highest BCUT2D eigenvalue weighted by atomic mass is 16.3. The molecule has 0 unspecified atom stereocenters. The predicted molar refractivity (Wildman–Crippen MR) is 138 cm³/mol. The molecule has 0 bridgehead atoms. The molecule has 4 aromatic rings. The van der Waals surface area contributed by atoms with Crippen LogP contribution in [0.2, 0.25) is 0 Å². The molecule has 37 heavy (non-hydrogen) atoms. The lowest BCUT2D eigenvalue weighted by molar-refractivity contribution is 0.0838. The van der Waals surface area contributed by atoms with Gasteiger partial charge in [0.15, 0.2) is 0 Å². The number of β-amino-alcohol motifs (C(OH)–C–C–N with tert-alkyl or cyclic N) is 1. The molecule has 0 spiro atoms. The van der Waals surface area contributed by atoms with E-state index in [1.54, 1.807) is 53.2 Å². The number of aliphatic hydroxyl groups is 1. The average molecular weight is 495 g/mol. The average Bonchev–Trinajstić information content (AvgIpc) is 3.35. The number of nitrogens with zero attached hydrogens (tertiary/aromatic N) is 4. The van der Waals surface area contributed by atoms with Crippen molar-refractivity contribution in [2.24, 2.45) is 0 Å². The van der Waals surface area contributed by atoms with Gasteiger partial charge in [-0.1, -0.05) is 24.3 Å². The van der Waals surface area contributed by atoms with Crippen LogP contribution in [-0.4, -0.2) is 56.9 Å². The van der Waals surface area contributed by atoms with Gasteiger partial charge in [-0.2, -0.15) is 5.26 Å². The van der Waals surface area contributed by atoms with Crippen molar-refractivity contribution in [3.05, 3.63) is 101 Å². The molecule has 9 nitrogen and oxygen atoms in total. The molecule has 2 aromatic heterocycles. The van der Waals surface area contributed by atoms with Crippen LogP contribution in [0.5, 0.6) is 0 Å². The van der Waals surface area contributed by atoms with Gasteiger partial charge in [-0.3, -0.25) is 14.5 Å². The smallest absolute Gasteiger partial charge is 0.271 e. The number of aliphatic hydroxyl groups excluding tert-OH is 1. The Hall–Kier alpha value is -4.52. The quantitative estimate of drug-likeness (QED) is 0.363. The van der Waals surface area contributed by atoms with E-state index >= 15 is 0 Å². The van der Waals surface area contributed by atoms with E-state index in [0.717, 1.165) is 19.5 Å². The van der Waals surface area contributed by atoms with E-state index in [-0.39, 0.29) is 24.1 Å². The first-order valence-electron chi connectivity index (χ1n) is 12.0. The fourth-order valence-corrected chi connectivity index (χ4v) is 4.45. The summed E-state index contributed by atoms with van der Waals surface area (Å²) in [7, 11) is 0. The van der Waals surface area contributed by atoms with Crippen molar-refractivity contribution in [1.82, 2.24) is 19.6 Å². The predicted octanol–water partition coefficient (Wildman–Crippen LogP) is 2.61. The summed E-state index contributed by atoms with van der Waals surface area (Å²) in [4.78, 5) is 31.7. The number of aromatic nitrogens is 2. The molecule has 3 N–H and O–H groups in total. The van der Waals surface area contributed by atoms with E-state index in [4.69, 9.17) is 5.26 Å². The van der Waals surface area contributed by atoms with E-state index in [1.807, 2.05) is 18.2 Å². The third-order valence-electron chi connectivity index (χ3n) is 6.39. The van der Waals surface area contributed by atoms with Crippen molar-refractivity contribution in [1.29, 1.82) is 5.26 Å². The summed E-state index contributed by atoms with van der Waals surface area (Å²) >= 11 is 0. The number of anilines is 1. The number of amides is 2. The molecular weight excluding hydrogens is 468 g/mol. The number of nitrogens with one attached hydrogen (secondary N) is 2. The number of carbonyl (C=O) groups excluding carboxylic acids is 2. The maximum Gasteiger partial charge on any atom is 0.271 e. The molecule has 5 rings (SSSR count). The first kappa shape index (κ1) is 24.2. The molecule has 9 heteroatoms. The first-order valence-corrected chi connectivity index (χ1v) is 12.0. The minimum absolute atomic E-state index is 0.122. The van der Waals surface area contributed by atoms with Crippen LogP contribution in [0.3, 0.4) is 0 Å². The van der Waals surface area contributed by atoms with Gasteiger partial charge in [-0.15, -0.1) is 0 Å². The molecule has 1 atom stereocenters. The molecular formula is C28H26N6O3. The fourth-order valence-electron chi connectivity index (χ4n) is 4.45. The highest BCUT2D eigenvalue weighted by molar-refractivity contribution is 6.04. The van der Waals surface area contributed by atoms with Gasteiger partial charge in [0.25, 0.3) is 11.8 Å². The highest BCUT2D eigenvalue weighted by Gasteiger charge is 2.19. The van der Waals surface area contributed by atoms with E-state index in [9.17, 15) is 14.7 Å². The van der Waals surface area contributed by atoms with Crippen LogP contribution >= 0.6 is 0 Å². The first-order chi connectivity index (χ1) is 18.0. The monoisotopic (exact) mass is 494 g/mol. The Morgan fingerprint density at radius 3 is 2.59 bits per heavy atom. The Bertz CT molecular complexity index is 1490. The van der Waals surface area contributed by atoms with Crippen molar-refractivity contribution >= 4 is 23.1 Å². The number of benzene rings is 2. The van der Waals surface area contributed by atoms with Crippen LogP contribution in [-0.2, 0) is 13.0 Å². The van der Waals surface area contributed by atoms with Crippen LogP contribution in [0.15, 0.2) is 73.1 Å². The summed E-state index contributed by atoms with van der Waals surface area (Å²) in [5, 5.41) is 25.0. The molecule has 0 radical (unpaired) electrons. The lowest BCUT2D eigenvalue weighted by atomic mass is 10.00. The van der Waals surface area contributed by atoms with Crippen molar-refractivity contribution < 1.29 is 14.7 Å².